The van der Waals surface area contributed by atoms with Crippen molar-refractivity contribution in [1.82, 2.24) is 0 Å². The van der Waals surface area contributed by atoms with Crippen molar-refractivity contribution in [3.8, 4) is 11.5 Å². The molecule has 1 rings (SSSR count). The van der Waals surface area contributed by atoms with E-state index in [1.165, 1.54) is 0 Å². The molecule has 0 aliphatic carbocycles. The normalized spacial score (nSPS) is 11.8. The minimum Gasteiger partial charge on any atom is -0.493 e. The van der Waals surface area contributed by atoms with Crippen molar-refractivity contribution in [3.63, 3.8) is 0 Å². The number of carboxylic acids is 1. The third-order valence-corrected chi connectivity index (χ3v) is 3.84. The maximum atomic E-state index is 11.6. The van der Waals surface area contributed by atoms with Crippen molar-refractivity contribution >= 4 is 5.97 Å². The predicted octanol–water partition coefficient (Wildman–Crippen LogP) is 5.58. The van der Waals surface area contributed by atoms with Crippen LogP contribution in [0.15, 0.2) is 48.6 Å². The molecular formula is C22H30O4. The molecule has 0 unspecified atom stereocenters. The molecule has 26 heavy (non-hydrogen) atoms. The summed E-state index contributed by atoms with van der Waals surface area (Å²) in [6, 6.07) is 3.38. The van der Waals surface area contributed by atoms with E-state index < -0.39 is 5.97 Å². The number of hydrogen-bond acceptors (Lipinski definition) is 3. The Hall–Kier alpha value is -2.49. The van der Waals surface area contributed by atoms with Crippen LogP contribution in [0.2, 0.25) is 0 Å². The van der Waals surface area contributed by atoms with Crippen molar-refractivity contribution in [2.24, 2.45) is 5.92 Å². The van der Waals surface area contributed by atoms with Gasteiger partial charge in [-0.2, -0.15) is 0 Å². The summed E-state index contributed by atoms with van der Waals surface area (Å²) in [5.41, 5.74) is 1.74. The number of rotatable bonds is 11. The molecule has 0 aromatic heterocycles. The SMILES string of the molecule is C=C/C(=C\C=C/C)COc1cc(C)c(C(=O)O)c(OCCCC(C)C)c1. The Balaban J connectivity index is 2.93. The molecular weight excluding hydrogens is 328 g/mol. The molecule has 0 radical (unpaired) electrons. The summed E-state index contributed by atoms with van der Waals surface area (Å²) in [5, 5.41) is 9.48. The van der Waals surface area contributed by atoms with Gasteiger partial charge < -0.3 is 14.6 Å². The van der Waals surface area contributed by atoms with Gasteiger partial charge >= 0.3 is 5.97 Å². The molecule has 1 aromatic rings. The lowest BCUT2D eigenvalue weighted by atomic mass is 10.1. The minimum atomic E-state index is -0.993. The molecule has 1 aromatic carbocycles. The van der Waals surface area contributed by atoms with Gasteiger partial charge in [-0.05, 0) is 49.8 Å². The number of allylic oxidation sites excluding steroid dienone is 3. The van der Waals surface area contributed by atoms with Gasteiger partial charge in [0.15, 0.2) is 0 Å². The molecule has 0 amide bonds. The highest BCUT2D eigenvalue weighted by Crippen LogP contribution is 2.29. The first kappa shape index (κ1) is 21.6. The highest BCUT2D eigenvalue weighted by atomic mass is 16.5. The zero-order chi connectivity index (χ0) is 19.5. The van der Waals surface area contributed by atoms with E-state index >= 15 is 0 Å². The van der Waals surface area contributed by atoms with Gasteiger partial charge in [0.1, 0.15) is 23.7 Å². The summed E-state index contributed by atoms with van der Waals surface area (Å²) in [6.07, 6.45) is 9.43. The summed E-state index contributed by atoms with van der Waals surface area (Å²) >= 11 is 0. The lowest BCUT2D eigenvalue weighted by molar-refractivity contribution is 0.0691. The van der Waals surface area contributed by atoms with Gasteiger partial charge in [-0.3, -0.25) is 0 Å². The third kappa shape index (κ3) is 7.18. The first-order chi connectivity index (χ1) is 12.4. The van der Waals surface area contributed by atoms with E-state index in [-0.39, 0.29) is 5.56 Å². The monoisotopic (exact) mass is 358 g/mol. The maximum absolute atomic E-state index is 11.6. The quantitative estimate of drug-likeness (QED) is 0.415. The zero-order valence-electron chi connectivity index (χ0n) is 16.2. The van der Waals surface area contributed by atoms with Crippen LogP contribution < -0.4 is 9.47 Å². The third-order valence-electron chi connectivity index (χ3n) is 3.84. The van der Waals surface area contributed by atoms with Crippen molar-refractivity contribution in [2.75, 3.05) is 13.2 Å². The Morgan fingerprint density at radius 1 is 1.31 bits per heavy atom. The number of aryl methyl sites for hydroxylation is 1. The molecule has 0 spiro atoms. The van der Waals surface area contributed by atoms with E-state index in [1.54, 1.807) is 25.1 Å². The maximum Gasteiger partial charge on any atom is 0.339 e. The lowest BCUT2D eigenvalue weighted by Crippen LogP contribution is -2.08. The molecule has 0 bridgehead atoms. The van der Waals surface area contributed by atoms with Gasteiger partial charge in [-0.15, -0.1) is 0 Å². The van der Waals surface area contributed by atoms with Crippen LogP contribution in [0, 0.1) is 12.8 Å². The van der Waals surface area contributed by atoms with Crippen molar-refractivity contribution in [2.45, 2.75) is 40.5 Å². The van der Waals surface area contributed by atoms with E-state index in [9.17, 15) is 9.90 Å². The average molecular weight is 358 g/mol. The predicted molar refractivity (Wildman–Crippen MR) is 106 cm³/mol. The van der Waals surface area contributed by atoms with Gasteiger partial charge in [0, 0.05) is 6.07 Å². The standard InChI is InChI=1S/C22H30O4/c1-6-8-11-18(7-2)15-26-19-13-17(5)21(22(23)24)20(14-19)25-12-9-10-16(3)4/h6-8,11,13-14,16H,2,9-10,12,15H2,1,3-5H3,(H,23,24)/b8-6-,18-11+. The summed E-state index contributed by atoms with van der Waals surface area (Å²) < 4.78 is 11.6. The smallest absolute Gasteiger partial charge is 0.339 e. The number of hydrogen-bond donors (Lipinski definition) is 1. The molecule has 0 aliphatic heterocycles. The fraction of sp³-hybridized carbons (Fsp3) is 0.409. The minimum absolute atomic E-state index is 0.190. The molecule has 4 nitrogen and oxygen atoms in total. The van der Waals surface area contributed by atoms with Gasteiger partial charge in [-0.1, -0.05) is 44.7 Å². The Bertz CT molecular complexity index is 669. The molecule has 0 heterocycles. The van der Waals surface area contributed by atoms with Gasteiger partial charge in [-0.25, -0.2) is 4.79 Å². The van der Waals surface area contributed by atoms with Crippen LogP contribution in [0.5, 0.6) is 11.5 Å². The number of carboxylic acid groups (broad SMARTS) is 1. The van der Waals surface area contributed by atoms with Crippen molar-refractivity contribution < 1.29 is 19.4 Å². The zero-order valence-corrected chi connectivity index (χ0v) is 16.2. The van der Waals surface area contributed by atoms with Crippen LogP contribution in [-0.4, -0.2) is 24.3 Å². The summed E-state index contributed by atoms with van der Waals surface area (Å²) in [4.78, 5) is 11.6. The summed E-state index contributed by atoms with van der Waals surface area (Å²) in [5.74, 6) is 0.538. The van der Waals surface area contributed by atoms with E-state index in [2.05, 4.69) is 20.4 Å². The van der Waals surface area contributed by atoms with Crippen molar-refractivity contribution in [1.29, 1.82) is 0 Å². The van der Waals surface area contributed by atoms with Crippen LogP contribution in [0.4, 0.5) is 0 Å². The Labute approximate surface area is 156 Å². The summed E-state index contributed by atoms with van der Waals surface area (Å²) in [6.45, 7) is 12.6. The molecule has 1 N–H and O–H groups in total. The van der Waals surface area contributed by atoms with E-state index in [0.29, 0.717) is 36.2 Å². The van der Waals surface area contributed by atoms with Crippen LogP contribution >= 0.6 is 0 Å². The molecule has 0 atom stereocenters. The van der Waals surface area contributed by atoms with E-state index in [4.69, 9.17) is 9.47 Å². The highest BCUT2D eigenvalue weighted by molar-refractivity contribution is 5.93. The first-order valence-corrected chi connectivity index (χ1v) is 8.96. The molecule has 0 saturated heterocycles. The molecule has 0 aliphatic rings. The van der Waals surface area contributed by atoms with E-state index in [1.807, 2.05) is 25.2 Å². The molecule has 142 valence electrons. The second-order valence-corrected chi connectivity index (χ2v) is 6.56. The number of carbonyl (C=O) groups is 1. The fourth-order valence-electron chi connectivity index (χ4n) is 2.43. The van der Waals surface area contributed by atoms with Gasteiger partial charge in [0.25, 0.3) is 0 Å². The molecule has 4 heteroatoms. The average Bonchev–Trinajstić information content (AvgIpc) is 2.58. The highest BCUT2D eigenvalue weighted by Gasteiger charge is 2.17. The largest absolute Gasteiger partial charge is 0.493 e. The second kappa shape index (κ2) is 11.2. The Morgan fingerprint density at radius 3 is 2.62 bits per heavy atom. The van der Waals surface area contributed by atoms with Crippen LogP contribution in [0.1, 0.15) is 49.5 Å². The van der Waals surface area contributed by atoms with Crippen LogP contribution in [-0.2, 0) is 0 Å². The molecule has 0 fully saturated rings. The number of benzene rings is 1. The van der Waals surface area contributed by atoms with Crippen LogP contribution in [0.25, 0.3) is 0 Å². The van der Waals surface area contributed by atoms with Crippen molar-refractivity contribution in [3.05, 3.63) is 59.7 Å². The number of aromatic carboxylic acids is 1. The number of ether oxygens (including phenoxy) is 2. The Kier molecular flexibility index (Phi) is 9.27. The second-order valence-electron chi connectivity index (χ2n) is 6.56. The Morgan fingerprint density at radius 2 is 2.04 bits per heavy atom. The van der Waals surface area contributed by atoms with E-state index in [0.717, 1.165) is 18.4 Å². The first-order valence-electron chi connectivity index (χ1n) is 8.96. The summed E-state index contributed by atoms with van der Waals surface area (Å²) in [7, 11) is 0. The topological polar surface area (TPSA) is 55.8 Å². The van der Waals surface area contributed by atoms with Gasteiger partial charge in [0.05, 0.1) is 6.61 Å². The molecule has 0 saturated carbocycles. The van der Waals surface area contributed by atoms with Gasteiger partial charge in [0.2, 0.25) is 0 Å². The lowest BCUT2D eigenvalue weighted by Gasteiger charge is -2.15. The van der Waals surface area contributed by atoms with Crippen LogP contribution in [0.3, 0.4) is 0 Å². The fourth-order valence-corrected chi connectivity index (χ4v) is 2.43.